The molecule has 0 unspecified atom stereocenters. The maximum absolute atomic E-state index is 12.4. The van der Waals surface area contributed by atoms with Crippen LogP contribution in [0.15, 0.2) is 48.5 Å². The number of methoxy groups -OCH3 is 1. The molecule has 1 atom stereocenters. The Morgan fingerprint density at radius 1 is 1.06 bits per heavy atom. The van der Waals surface area contributed by atoms with Gasteiger partial charge in [-0.1, -0.05) is 32.0 Å². The van der Waals surface area contributed by atoms with E-state index in [-0.39, 0.29) is 24.5 Å². The normalized spacial score (nSPS) is 13.7. The number of nitrogens with one attached hydrogen (secondary N) is 1. The molecular weight excluding hydrogens is 398 g/mol. The molecule has 0 bridgehead atoms. The molecule has 0 aromatic heterocycles. The first-order valence-electron chi connectivity index (χ1n) is 10.1. The van der Waals surface area contributed by atoms with Crippen LogP contribution < -0.4 is 19.5 Å². The van der Waals surface area contributed by atoms with Crippen LogP contribution in [0.25, 0.3) is 6.08 Å². The highest BCUT2D eigenvalue weighted by Crippen LogP contribution is 2.34. The molecule has 0 fully saturated rings. The Morgan fingerprint density at radius 2 is 1.77 bits per heavy atom. The molecule has 3 rings (SSSR count). The van der Waals surface area contributed by atoms with Crippen LogP contribution in [0.3, 0.4) is 0 Å². The first kappa shape index (κ1) is 22.2. The summed E-state index contributed by atoms with van der Waals surface area (Å²) in [6.45, 7) is 4.67. The van der Waals surface area contributed by atoms with Crippen LogP contribution in [0, 0.1) is 5.92 Å². The average Bonchev–Trinajstić information content (AvgIpc) is 2.79. The third kappa shape index (κ3) is 6.25. The molecule has 1 aliphatic heterocycles. The van der Waals surface area contributed by atoms with E-state index >= 15 is 0 Å². The predicted molar refractivity (Wildman–Crippen MR) is 116 cm³/mol. The smallest absolute Gasteiger partial charge is 0.331 e. The minimum atomic E-state index is -0.591. The van der Waals surface area contributed by atoms with Gasteiger partial charge in [0.2, 0.25) is 0 Å². The third-order valence-electron chi connectivity index (χ3n) is 4.78. The monoisotopic (exact) mass is 425 g/mol. The van der Waals surface area contributed by atoms with Crippen molar-refractivity contribution in [3.05, 3.63) is 59.7 Å². The van der Waals surface area contributed by atoms with Gasteiger partial charge in [-0.2, -0.15) is 0 Å². The number of carbonyl (C=O) groups is 2. The van der Waals surface area contributed by atoms with Gasteiger partial charge < -0.3 is 24.3 Å². The van der Waals surface area contributed by atoms with Crippen LogP contribution in [0.2, 0.25) is 0 Å². The van der Waals surface area contributed by atoms with Gasteiger partial charge in [0.05, 0.1) is 13.2 Å². The molecule has 2 aromatic carbocycles. The largest absolute Gasteiger partial charge is 0.497 e. The fourth-order valence-corrected chi connectivity index (χ4v) is 3.17. The van der Waals surface area contributed by atoms with Gasteiger partial charge in [0, 0.05) is 6.08 Å². The Kier molecular flexibility index (Phi) is 7.54. The highest BCUT2D eigenvalue weighted by atomic mass is 16.6. The van der Waals surface area contributed by atoms with Crippen molar-refractivity contribution in [3.63, 3.8) is 0 Å². The molecule has 2 aromatic rings. The van der Waals surface area contributed by atoms with E-state index in [1.165, 1.54) is 6.08 Å². The molecule has 0 radical (unpaired) electrons. The van der Waals surface area contributed by atoms with Gasteiger partial charge in [-0.3, -0.25) is 4.79 Å². The Morgan fingerprint density at radius 3 is 2.45 bits per heavy atom. The molecule has 7 nitrogen and oxygen atoms in total. The van der Waals surface area contributed by atoms with Gasteiger partial charge >= 0.3 is 5.97 Å². The van der Waals surface area contributed by atoms with E-state index in [1.54, 1.807) is 25.3 Å². The number of benzene rings is 2. The van der Waals surface area contributed by atoms with Crippen molar-refractivity contribution in [1.29, 1.82) is 0 Å². The van der Waals surface area contributed by atoms with Gasteiger partial charge in [-0.15, -0.1) is 0 Å². The van der Waals surface area contributed by atoms with Crippen LogP contribution >= 0.6 is 0 Å². The Bertz CT molecular complexity index is 936. The summed E-state index contributed by atoms with van der Waals surface area (Å²) < 4.78 is 21.3. The molecule has 1 heterocycles. The Balaban J connectivity index is 1.54. The highest BCUT2D eigenvalue weighted by molar-refractivity contribution is 5.89. The van der Waals surface area contributed by atoms with Gasteiger partial charge in [0.1, 0.15) is 19.0 Å². The second kappa shape index (κ2) is 10.5. The number of esters is 1. The number of ether oxygens (including phenoxy) is 4. The van der Waals surface area contributed by atoms with Crippen LogP contribution in [-0.2, 0) is 14.3 Å². The van der Waals surface area contributed by atoms with E-state index in [0.717, 1.165) is 16.9 Å². The number of carbonyl (C=O) groups excluding carboxylic acids is 2. The van der Waals surface area contributed by atoms with Crippen LogP contribution in [0.1, 0.15) is 31.0 Å². The summed E-state index contributed by atoms with van der Waals surface area (Å²) in [6, 6.07) is 12.6. The van der Waals surface area contributed by atoms with Crippen LogP contribution in [-0.4, -0.2) is 38.8 Å². The summed E-state index contributed by atoms with van der Waals surface area (Å²) in [5.41, 5.74) is 1.72. The maximum atomic E-state index is 12.4. The minimum Gasteiger partial charge on any atom is -0.497 e. The van der Waals surface area contributed by atoms with Crippen LogP contribution in [0.5, 0.6) is 17.2 Å². The Labute approximate surface area is 181 Å². The number of amides is 1. The van der Waals surface area contributed by atoms with Gasteiger partial charge in [0.15, 0.2) is 18.1 Å². The zero-order chi connectivity index (χ0) is 22.2. The van der Waals surface area contributed by atoms with Gasteiger partial charge in [-0.05, 0) is 47.4 Å². The SMILES string of the molecule is COc1ccc(/C=C/C(=O)OCC(=O)N[C@H](c2ccc3c(c2)OCCO3)C(C)C)cc1. The van der Waals surface area contributed by atoms with Crippen molar-refractivity contribution >= 4 is 18.0 Å². The topological polar surface area (TPSA) is 83.1 Å². The molecule has 0 spiro atoms. The number of fused-ring (bicyclic) bond motifs is 1. The van der Waals surface area contributed by atoms with Crippen molar-refractivity contribution in [2.75, 3.05) is 26.9 Å². The zero-order valence-electron chi connectivity index (χ0n) is 17.9. The number of hydrogen-bond donors (Lipinski definition) is 1. The van der Waals surface area contributed by atoms with Crippen molar-refractivity contribution in [2.45, 2.75) is 19.9 Å². The van der Waals surface area contributed by atoms with Crippen molar-refractivity contribution < 1.29 is 28.5 Å². The highest BCUT2D eigenvalue weighted by Gasteiger charge is 2.21. The molecule has 31 heavy (non-hydrogen) atoms. The summed E-state index contributed by atoms with van der Waals surface area (Å²) >= 11 is 0. The maximum Gasteiger partial charge on any atom is 0.331 e. The predicted octanol–water partition coefficient (Wildman–Crippen LogP) is 3.54. The minimum absolute atomic E-state index is 0.122. The quantitative estimate of drug-likeness (QED) is 0.515. The lowest BCUT2D eigenvalue weighted by Crippen LogP contribution is -2.35. The summed E-state index contributed by atoms with van der Waals surface area (Å²) in [4.78, 5) is 24.3. The second-order valence-corrected chi connectivity index (χ2v) is 7.41. The summed E-state index contributed by atoms with van der Waals surface area (Å²) in [5.74, 6) is 1.25. The Hall–Kier alpha value is -3.48. The molecule has 1 N–H and O–H groups in total. The number of rotatable bonds is 8. The van der Waals surface area contributed by atoms with Gasteiger partial charge in [0.25, 0.3) is 5.91 Å². The van der Waals surface area contributed by atoms with Crippen molar-refractivity contribution in [2.24, 2.45) is 5.92 Å². The molecule has 0 aliphatic carbocycles. The first-order chi connectivity index (χ1) is 15.0. The van der Waals surface area contributed by atoms with Crippen LogP contribution in [0.4, 0.5) is 0 Å². The lowest BCUT2D eigenvalue weighted by Gasteiger charge is -2.25. The molecule has 1 amide bonds. The lowest BCUT2D eigenvalue weighted by molar-refractivity contribution is -0.144. The van der Waals surface area contributed by atoms with E-state index in [4.69, 9.17) is 18.9 Å². The molecule has 0 saturated heterocycles. The number of hydrogen-bond acceptors (Lipinski definition) is 6. The average molecular weight is 425 g/mol. The molecule has 1 aliphatic rings. The lowest BCUT2D eigenvalue weighted by atomic mass is 9.95. The molecule has 7 heteroatoms. The van der Waals surface area contributed by atoms with Gasteiger partial charge in [-0.25, -0.2) is 4.79 Å². The van der Waals surface area contributed by atoms with E-state index in [2.05, 4.69) is 5.32 Å². The van der Waals surface area contributed by atoms with E-state index < -0.39 is 5.97 Å². The van der Waals surface area contributed by atoms with E-state index in [9.17, 15) is 9.59 Å². The second-order valence-electron chi connectivity index (χ2n) is 7.41. The molecule has 164 valence electrons. The summed E-state index contributed by atoms with van der Waals surface area (Å²) in [6.07, 6.45) is 2.90. The summed E-state index contributed by atoms with van der Waals surface area (Å²) in [7, 11) is 1.59. The summed E-state index contributed by atoms with van der Waals surface area (Å²) in [5, 5.41) is 2.93. The zero-order valence-corrected chi connectivity index (χ0v) is 17.9. The van der Waals surface area contributed by atoms with Crippen molar-refractivity contribution in [1.82, 2.24) is 5.32 Å². The fraction of sp³-hybridized carbons (Fsp3) is 0.333. The molecule has 0 saturated carbocycles. The third-order valence-corrected chi connectivity index (χ3v) is 4.78. The first-order valence-corrected chi connectivity index (χ1v) is 10.1. The fourth-order valence-electron chi connectivity index (χ4n) is 3.17. The standard InChI is InChI=1S/C24H27NO6/c1-16(2)24(18-7-10-20-21(14-18)30-13-12-29-20)25-22(26)15-31-23(27)11-6-17-4-8-19(28-3)9-5-17/h4-11,14,16,24H,12-13,15H2,1-3H3,(H,25,26)/b11-6+/t24-/m0/s1. The van der Waals surface area contributed by atoms with E-state index in [0.29, 0.717) is 24.7 Å². The van der Waals surface area contributed by atoms with E-state index in [1.807, 2.05) is 44.2 Å². The molecular formula is C24H27NO6. The van der Waals surface area contributed by atoms with Crippen molar-refractivity contribution in [3.8, 4) is 17.2 Å².